The minimum absolute atomic E-state index is 0.640. The molecular formula is C16H20O2. The van der Waals surface area contributed by atoms with Crippen LogP contribution in [0.3, 0.4) is 0 Å². The number of rotatable bonds is 6. The van der Waals surface area contributed by atoms with Crippen molar-refractivity contribution < 1.29 is 9.47 Å². The summed E-state index contributed by atoms with van der Waals surface area (Å²) in [5.74, 6) is 3.29. The lowest BCUT2D eigenvalue weighted by Crippen LogP contribution is -2.17. The molecule has 3 unspecified atom stereocenters. The summed E-state index contributed by atoms with van der Waals surface area (Å²) in [6, 6.07) is 9.91. The Balaban J connectivity index is 1.30. The molecule has 96 valence electrons. The highest BCUT2D eigenvalue weighted by Crippen LogP contribution is 2.43. The molecular weight excluding hydrogens is 224 g/mol. The van der Waals surface area contributed by atoms with E-state index in [1.165, 1.54) is 12.8 Å². The maximum absolute atomic E-state index is 5.73. The van der Waals surface area contributed by atoms with Crippen LogP contribution < -0.4 is 4.74 Å². The van der Waals surface area contributed by atoms with Gasteiger partial charge >= 0.3 is 0 Å². The van der Waals surface area contributed by atoms with Crippen molar-refractivity contribution in [3.63, 3.8) is 0 Å². The van der Waals surface area contributed by atoms with Crippen molar-refractivity contribution in [3.8, 4) is 5.75 Å². The van der Waals surface area contributed by atoms with Crippen LogP contribution in [0.25, 0.3) is 0 Å². The van der Waals surface area contributed by atoms with E-state index in [0.29, 0.717) is 13.2 Å². The van der Waals surface area contributed by atoms with Gasteiger partial charge in [0.1, 0.15) is 12.4 Å². The van der Waals surface area contributed by atoms with Crippen molar-refractivity contribution in [2.24, 2.45) is 17.8 Å². The Kier molecular flexibility index (Phi) is 3.65. The van der Waals surface area contributed by atoms with Gasteiger partial charge in [-0.25, -0.2) is 0 Å². The molecule has 2 heteroatoms. The minimum atomic E-state index is 0.640. The van der Waals surface area contributed by atoms with Crippen LogP contribution in [0, 0.1) is 17.8 Å². The molecule has 0 aliphatic heterocycles. The summed E-state index contributed by atoms with van der Waals surface area (Å²) in [4.78, 5) is 0. The van der Waals surface area contributed by atoms with E-state index >= 15 is 0 Å². The molecule has 0 amide bonds. The van der Waals surface area contributed by atoms with Gasteiger partial charge in [-0.15, -0.1) is 0 Å². The normalized spacial score (nSPS) is 28.8. The summed E-state index contributed by atoms with van der Waals surface area (Å²) >= 11 is 0. The topological polar surface area (TPSA) is 18.5 Å². The van der Waals surface area contributed by atoms with Crippen LogP contribution in [0.15, 0.2) is 42.5 Å². The lowest BCUT2D eigenvalue weighted by atomic mass is 9.95. The molecule has 3 rings (SSSR count). The Labute approximate surface area is 109 Å². The monoisotopic (exact) mass is 244 g/mol. The number of benzene rings is 1. The van der Waals surface area contributed by atoms with Gasteiger partial charge in [0, 0.05) is 0 Å². The molecule has 1 aromatic carbocycles. The molecule has 0 aromatic heterocycles. The number of hydrogen-bond acceptors (Lipinski definition) is 2. The standard InChI is InChI=1S/C16H20O2/c1-2-4-16(5-3-1)18-9-8-17-12-15-11-13-6-7-14(15)10-13/h1-7,13-15H,8-12H2. The van der Waals surface area contributed by atoms with Gasteiger partial charge in [-0.3, -0.25) is 0 Å². The maximum atomic E-state index is 5.73. The molecule has 18 heavy (non-hydrogen) atoms. The third-order valence-electron chi connectivity index (χ3n) is 3.99. The van der Waals surface area contributed by atoms with Crippen LogP contribution in [0.2, 0.25) is 0 Å². The van der Waals surface area contributed by atoms with Gasteiger partial charge in [-0.05, 0) is 42.7 Å². The highest BCUT2D eigenvalue weighted by molar-refractivity contribution is 5.20. The van der Waals surface area contributed by atoms with E-state index < -0.39 is 0 Å². The van der Waals surface area contributed by atoms with Crippen molar-refractivity contribution in [2.75, 3.05) is 19.8 Å². The molecule has 0 saturated heterocycles. The largest absolute Gasteiger partial charge is 0.491 e. The van der Waals surface area contributed by atoms with E-state index in [2.05, 4.69) is 12.2 Å². The van der Waals surface area contributed by atoms with Gasteiger partial charge in [0.05, 0.1) is 13.2 Å². The van der Waals surface area contributed by atoms with Crippen LogP contribution in [-0.2, 0) is 4.74 Å². The second-order valence-corrected chi connectivity index (χ2v) is 5.28. The Morgan fingerprint density at radius 1 is 1.00 bits per heavy atom. The first-order valence-corrected chi connectivity index (χ1v) is 6.86. The predicted octanol–water partition coefficient (Wildman–Crippen LogP) is 3.29. The Morgan fingerprint density at radius 3 is 2.61 bits per heavy atom. The summed E-state index contributed by atoms with van der Waals surface area (Å²) in [5, 5.41) is 0. The Hall–Kier alpha value is -1.28. The lowest BCUT2D eigenvalue weighted by molar-refractivity contribution is 0.0674. The number of ether oxygens (including phenoxy) is 2. The number of allylic oxidation sites excluding steroid dienone is 2. The second kappa shape index (κ2) is 5.57. The van der Waals surface area contributed by atoms with Crippen molar-refractivity contribution >= 4 is 0 Å². The summed E-state index contributed by atoms with van der Waals surface area (Å²) in [6.07, 6.45) is 7.43. The lowest BCUT2D eigenvalue weighted by Gasteiger charge is -2.17. The quantitative estimate of drug-likeness (QED) is 0.564. The molecule has 2 aliphatic rings. The molecule has 0 heterocycles. The highest BCUT2D eigenvalue weighted by atomic mass is 16.5. The van der Waals surface area contributed by atoms with Crippen LogP contribution in [-0.4, -0.2) is 19.8 Å². The average molecular weight is 244 g/mol. The third kappa shape index (κ3) is 2.75. The Morgan fingerprint density at radius 2 is 1.89 bits per heavy atom. The molecule has 0 N–H and O–H groups in total. The van der Waals surface area contributed by atoms with Gasteiger partial charge in [0.25, 0.3) is 0 Å². The molecule has 2 nitrogen and oxygen atoms in total. The van der Waals surface area contributed by atoms with Crippen LogP contribution in [0.1, 0.15) is 12.8 Å². The highest BCUT2D eigenvalue weighted by Gasteiger charge is 2.35. The van der Waals surface area contributed by atoms with Crippen molar-refractivity contribution in [1.29, 1.82) is 0 Å². The first-order chi connectivity index (χ1) is 8.92. The third-order valence-corrected chi connectivity index (χ3v) is 3.99. The van der Waals surface area contributed by atoms with Gasteiger partial charge in [0.2, 0.25) is 0 Å². The van der Waals surface area contributed by atoms with E-state index in [0.717, 1.165) is 30.1 Å². The second-order valence-electron chi connectivity index (χ2n) is 5.28. The summed E-state index contributed by atoms with van der Waals surface area (Å²) < 4.78 is 11.3. The Bertz CT molecular complexity index is 399. The fourth-order valence-electron chi connectivity index (χ4n) is 3.06. The molecule has 2 bridgehead atoms. The zero-order valence-electron chi connectivity index (χ0n) is 10.6. The average Bonchev–Trinajstić information content (AvgIpc) is 3.02. The van der Waals surface area contributed by atoms with E-state index in [9.17, 15) is 0 Å². The van der Waals surface area contributed by atoms with E-state index in [4.69, 9.17) is 9.47 Å². The minimum Gasteiger partial charge on any atom is -0.491 e. The SMILES string of the molecule is C1=CC2CC1CC2COCCOc1ccccc1. The zero-order chi connectivity index (χ0) is 12.2. The van der Waals surface area contributed by atoms with Gasteiger partial charge in [-0.1, -0.05) is 30.4 Å². The summed E-state index contributed by atoms with van der Waals surface area (Å²) in [6.45, 7) is 2.22. The van der Waals surface area contributed by atoms with Crippen LogP contribution in [0.4, 0.5) is 0 Å². The van der Waals surface area contributed by atoms with Crippen molar-refractivity contribution in [2.45, 2.75) is 12.8 Å². The zero-order valence-corrected chi connectivity index (χ0v) is 10.6. The number of hydrogen-bond donors (Lipinski definition) is 0. The molecule has 1 aromatic rings. The molecule has 1 fully saturated rings. The molecule has 0 spiro atoms. The van der Waals surface area contributed by atoms with Gasteiger partial charge in [-0.2, -0.15) is 0 Å². The van der Waals surface area contributed by atoms with E-state index in [1.807, 2.05) is 30.3 Å². The fourth-order valence-corrected chi connectivity index (χ4v) is 3.06. The summed E-state index contributed by atoms with van der Waals surface area (Å²) in [5.41, 5.74) is 0. The summed E-state index contributed by atoms with van der Waals surface area (Å²) in [7, 11) is 0. The van der Waals surface area contributed by atoms with Crippen molar-refractivity contribution in [1.82, 2.24) is 0 Å². The number of para-hydroxylation sites is 1. The maximum Gasteiger partial charge on any atom is 0.119 e. The van der Waals surface area contributed by atoms with Crippen LogP contribution in [0.5, 0.6) is 5.75 Å². The number of fused-ring (bicyclic) bond motifs is 2. The smallest absolute Gasteiger partial charge is 0.119 e. The fraction of sp³-hybridized carbons (Fsp3) is 0.500. The van der Waals surface area contributed by atoms with E-state index in [1.54, 1.807) is 0 Å². The van der Waals surface area contributed by atoms with Gasteiger partial charge < -0.3 is 9.47 Å². The van der Waals surface area contributed by atoms with E-state index in [-0.39, 0.29) is 0 Å². The predicted molar refractivity (Wildman–Crippen MR) is 71.6 cm³/mol. The van der Waals surface area contributed by atoms with Crippen molar-refractivity contribution in [3.05, 3.63) is 42.5 Å². The molecule has 1 saturated carbocycles. The van der Waals surface area contributed by atoms with Crippen LogP contribution >= 0.6 is 0 Å². The molecule has 0 radical (unpaired) electrons. The molecule has 2 aliphatic carbocycles. The first-order valence-electron chi connectivity index (χ1n) is 6.86. The van der Waals surface area contributed by atoms with Gasteiger partial charge in [0.15, 0.2) is 0 Å². The first kappa shape index (κ1) is 11.8. The molecule has 3 atom stereocenters.